The Labute approximate surface area is 175 Å². The quantitative estimate of drug-likeness (QED) is 0.514. The van der Waals surface area contributed by atoms with Crippen LogP contribution in [0.1, 0.15) is 43.2 Å². The molecule has 3 aliphatic rings. The van der Waals surface area contributed by atoms with Gasteiger partial charge in [0.2, 0.25) is 0 Å². The number of piperidine rings is 1. The summed E-state index contributed by atoms with van der Waals surface area (Å²) in [5, 5.41) is 21.1. The maximum Gasteiger partial charge on any atom is 0.269 e. The molecule has 1 saturated heterocycles. The van der Waals surface area contributed by atoms with Crippen molar-refractivity contribution in [2.24, 2.45) is 5.92 Å². The molecule has 0 unspecified atom stereocenters. The van der Waals surface area contributed by atoms with E-state index in [1.165, 1.54) is 36.8 Å². The summed E-state index contributed by atoms with van der Waals surface area (Å²) in [6, 6.07) is 13.4. The number of rotatable bonds is 2. The lowest BCUT2D eigenvalue weighted by Crippen LogP contribution is -2.61. The number of hydrogen-bond acceptors (Lipinski definition) is 4. The van der Waals surface area contributed by atoms with Crippen LogP contribution in [-0.2, 0) is 11.8 Å². The second-order valence-electron chi connectivity index (χ2n) is 8.34. The molecule has 3 atom stereocenters. The second-order valence-corrected chi connectivity index (χ2v) is 8.34. The van der Waals surface area contributed by atoms with Gasteiger partial charge in [0.1, 0.15) is 5.75 Å². The molecule has 1 aliphatic heterocycles. The number of aromatic hydroxyl groups is 1. The molecule has 2 aromatic rings. The van der Waals surface area contributed by atoms with Gasteiger partial charge in [0.25, 0.3) is 5.69 Å². The van der Waals surface area contributed by atoms with Crippen molar-refractivity contribution in [3.8, 4) is 5.75 Å². The SMILES string of the molecule is Br.O=[N+]([O-])c1ccc(N2CC[C@@]34CCCC[C@@H]3[C@@H]2Cc2ccc(O)cc24)cc1. The molecular weight excluding hydrogens is 420 g/mol. The maximum atomic E-state index is 11.0. The van der Waals surface area contributed by atoms with Crippen molar-refractivity contribution in [2.75, 3.05) is 11.4 Å². The van der Waals surface area contributed by atoms with E-state index in [4.69, 9.17) is 0 Å². The lowest BCUT2D eigenvalue weighted by Gasteiger charge is -2.59. The largest absolute Gasteiger partial charge is 0.508 e. The van der Waals surface area contributed by atoms with E-state index in [-0.39, 0.29) is 33.0 Å². The van der Waals surface area contributed by atoms with Gasteiger partial charge in [-0.25, -0.2) is 0 Å². The minimum Gasteiger partial charge on any atom is -0.508 e. The third-order valence-electron chi connectivity index (χ3n) is 7.21. The van der Waals surface area contributed by atoms with Crippen molar-refractivity contribution in [3.63, 3.8) is 0 Å². The number of fused-ring (bicyclic) bond motifs is 1. The van der Waals surface area contributed by atoms with E-state index in [1.54, 1.807) is 12.1 Å². The van der Waals surface area contributed by atoms with E-state index in [0.717, 1.165) is 25.1 Å². The first-order valence-corrected chi connectivity index (χ1v) is 9.92. The molecular formula is C22H25BrN2O3. The van der Waals surface area contributed by atoms with Crippen LogP contribution in [0, 0.1) is 16.0 Å². The fourth-order valence-electron chi connectivity index (χ4n) is 6.08. The number of non-ortho nitro benzene ring substituents is 1. The molecule has 1 N–H and O–H groups in total. The van der Waals surface area contributed by atoms with Gasteiger partial charge in [-0.1, -0.05) is 18.9 Å². The van der Waals surface area contributed by atoms with E-state index in [0.29, 0.717) is 17.7 Å². The lowest BCUT2D eigenvalue weighted by atomic mass is 9.52. The molecule has 2 fully saturated rings. The summed E-state index contributed by atoms with van der Waals surface area (Å²) in [7, 11) is 0. The van der Waals surface area contributed by atoms with Gasteiger partial charge in [-0.2, -0.15) is 0 Å². The number of phenols is 1. The summed E-state index contributed by atoms with van der Waals surface area (Å²) in [6.45, 7) is 0.966. The van der Waals surface area contributed by atoms with Crippen molar-refractivity contribution in [1.29, 1.82) is 0 Å². The molecule has 1 heterocycles. The third kappa shape index (κ3) is 2.81. The van der Waals surface area contributed by atoms with Crippen LogP contribution < -0.4 is 4.90 Å². The molecule has 5 rings (SSSR count). The topological polar surface area (TPSA) is 66.6 Å². The van der Waals surface area contributed by atoms with Crippen LogP contribution in [0.5, 0.6) is 5.75 Å². The number of nitro groups is 1. The number of nitrogens with zero attached hydrogens (tertiary/aromatic N) is 2. The van der Waals surface area contributed by atoms with Crippen LogP contribution >= 0.6 is 17.0 Å². The van der Waals surface area contributed by atoms with E-state index in [9.17, 15) is 15.2 Å². The molecule has 2 aliphatic carbocycles. The third-order valence-corrected chi connectivity index (χ3v) is 7.21. The van der Waals surface area contributed by atoms with Gasteiger partial charge in [-0.15, -0.1) is 17.0 Å². The minimum absolute atomic E-state index is 0. The summed E-state index contributed by atoms with van der Waals surface area (Å²) in [5.41, 5.74) is 4.17. The van der Waals surface area contributed by atoms with Crippen molar-refractivity contribution >= 4 is 28.4 Å². The monoisotopic (exact) mass is 444 g/mol. The predicted molar refractivity (Wildman–Crippen MR) is 115 cm³/mol. The molecule has 2 aromatic carbocycles. The zero-order chi connectivity index (χ0) is 18.6. The number of hydrogen-bond donors (Lipinski definition) is 1. The normalized spacial score (nSPS) is 27.9. The van der Waals surface area contributed by atoms with Crippen molar-refractivity contribution in [2.45, 2.75) is 50.0 Å². The minimum atomic E-state index is -0.338. The highest BCUT2D eigenvalue weighted by Gasteiger charge is 2.53. The van der Waals surface area contributed by atoms with Crippen molar-refractivity contribution < 1.29 is 10.0 Å². The van der Waals surface area contributed by atoms with E-state index in [1.807, 2.05) is 24.3 Å². The average molecular weight is 445 g/mol. The fourth-order valence-corrected chi connectivity index (χ4v) is 6.08. The van der Waals surface area contributed by atoms with Crippen LogP contribution in [0.15, 0.2) is 42.5 Å². The highest BCUT2D eigenvalue weighted by molar-refractivity contribution is 8.93. The number of nitro benzene ring substituents is 1. The van der Waals surface area contributed by atoms with E-state index >= 15 is 0 Å². The maximum absolute atomic E-state index is 11.0. The van der Waals surface area contributed by atoms with Crippen LogP contribution in [0.3, 0.4) is 0 Å². The number of anilines is 1. The molecule has 0 amide bonds. The van der Waals surface area contributed by atoms with Crippen LogP contribution in [0.4, 0.5) is 11.4 Å². The van der Waals surface area contributed by atoms with E-state index < -0.39 is 0 Å². The van der Waals surface area contributed by atoms with Gasteiger partial charge in [-0.3, -0.25) is 10.1 Å². The summed E-state index contributed by atoms with van der Waals surface area (Å²) in [5.74, 6) is 0.966. The zero-order valence-electron chi connectivity index (χ0n) is 15.7. The Balaban J connectivity index is 0.00000192. The number of halogens is 1. The summed E-state index contributed by atoms with van der Waals surface area (Å²) in [4.78, 5) is 13.1. The van der Waals surface area contributed by atoms with Gasteiger partial charge in [0, 0.05) is 35.8 Å². The first-order valence-electron chi connectivity index (χ1n) is 9.92. The smallest absolute Gasteiger partial charge is 0.269 e. The van der Waals surface area contributed by atoms with E-state index in [2.05, 4.69) is 11.0 Å². The molecule has 6 heteroatoms. The number of benzene rings is 2. The molecule has 0 aromatic heterocycles. The molecule has 148 valence electrons. The Morgan fingerprint density at radius 1 is 1.11 bits per heavy atom. The molecule has 0 radical (unpaired) electrons. The highest BCUT2D eigenvalue weighted by Crippen LogP contribution is 2.56. The molecule has 0 spiro atoms. The van der Waals surface area contributed by atoms with Gasteiger partial charge in [-0.05, 0) is 67.0 Å². The predicted octanol–water partition coefficient (Wildman–Crippen LogP) is 5.14. The standard InChI is InChI=1S/C22H24N2O3.BrH/c25-18-9-4-15-13-21-19-3-1-2-10-22(19,20(15)14-18)11-12-23(21)16-5-7-17(8-6-16)24(26)27;/h4-9,14,19,21,25H,1-3,10-13H2;1H/t19-,21+,22+;/m1./s1. The van der Waals surface area contributed by atoms with Gasteiger partial charge in [0.05, 0.1) is 4.92 Å². The van der Waals surface area contributed by atoms with Crippen molar-refractivity contribution in [3.05, 3.63) is 63.7 Å². The molecule has 28 heavy (non-hydrogen) atoms. The molecule has 2 bridgehead atoms. The van der Waals surface area contributed by atoms with Crippen LogP contribution in [0.2, 0.25) is 0 Å². The van der Waals surface area contributed by atoms with Crippen LogP contribution in [0.25, 0.3) is 0 Å². The highest BCUT2D eigenvalue weighted by atomic mass is 79.9. The fraction of sp³-hybridized carbons (Fsp3) is 0.455. The molecule has 1 saturated carbocycles. The van der Waals surface area contributed by atoms with Crippen LogP contribution in [-0.4, -0.2) is 22.6 Å². The van der Waals surface area contributed by atoms with Gasteiger partial charge < -0.3 is 10.0 Å². The Morgan fingerprint density at radius 3 is 2.64 bits per heavy atom. The lowest BCUT2D eigenvalue weighted by molar-refractivity contribution is -0.384. The summed E-state index contributed by atoms with van der Waals surface area (Å²) >= 11 is 0. The Bertz CT molecular complexity index is 901. The zero-order valence-corrected chi connectivity index (χ0v) is 17.4. The first-order chi connectivity index (χ1) is 13.1. The van der Waals surface area contributed by atoms with Gasteiger partial charge in [0.15, 0.2) is 0 Å². The Morgan fingerprint density at radius 2 is 1.89 bits per heavy atom. The second kappa shape index (κ2) is 7.07. The Hall–Kier alpha value is -2.08. The number of phenolic OH excluding ortho intramolecular Hbond substituents is 1. The summed E-state index contributed by atoms with van der Waals surface area (Å²) < 4.78 is 0. The van der Waals surface area contributed by atoms with Crippen molar-refractivity contribution in [1.82, 2.24) is 0 Å². The average Bonchev–Trinajstić information content (AvgIpc) is 2.69. The first kappa shape index (κ1) is 19.2. The molecule has 5 nitrogen and oxygen atoms in total. The Kier molecular flexibility index (Phi) is 4.86. The van der Waals surface area contributed by atoms with Gasteiger partial charge >= 0.3 is 0 Å². The summed E-state index contributed by atoms with van der Waals surface area (Å²) in [6.07, 6.45) is 7.03.